The summed E-state index contributed by atoms with van der Waals surface area (Å²) in [5.41, 5.74) is 2.86. The van der Waals surface area contributed by atoms with Gasteiger partial charge in [0.15, 0.2) is 0 Å². The summed E-state index contributed by atoms with van der Waals surface area (Å²) in [5, 5.41) is 4.75. The van der Waals surface area contributed by atoms with E-state index in [9.17, 15) is 9.18 Å². The van der Waals surface area contributed by atoms with E-state index in [2.05, 4.69) is 23.5 Å². The SMILES string of the molecule is CSc1ccc(NCC2CC2)c(-c2cn(C)c(=O)c3cc(F)ccc23)c1. The minimum atomic E-state index is -0.392. The summed E-state index contributed by atoms with van der Waals surface area (Å²) in [5.74, 6) is 0.366. The monoisotopic (exact) mass is 368 g/mol. The Morgan fingerprint density at radius 2 is 1.96 bits per heavy atom. The molecule has 5 heteroatoms. The minimum Gasteiger partial charge on any atom is -0.384 e. The van der Waals surface area contributed by atoms with Crippen molar-refractivity contribution in [1.82, 2.24) is 4.57 Å². The molecule has 3 aromatic rings. The van der Waals surface area contributed by atoms with Crippen LogP contribution in [0.15, 0.2) is 52.3 Å². The van der Waals surface area contributed by atoms with E-state index in [1.165, 1.54) is 29.5 Å². The summed E-state index contributed by atoms with van der Waals surface area (Å²) >= 11 is 1.68. The molecule has 0 radical (unpaired) electrons. The number of aromatic nitrogens is 1. The maximum absolute atomic E-state index is 13.7. The second-order valence-electron chi connectivity index (χ2n) is 6.88. The molecule has 26 heavy (non-hydrogen) atoms. The first-order valence-electron chi connectivity index (χ1n) is 8.78. The number of hydrogen-bond acceptors (Lipinski definition) is 3. The smallest absolute Gasteiger partial charge is 0.258 e. The zero-order valence-corrected chi connectivity index (χ0v) is 15.7. The normalized spacial score (nSPS) is 14.0. The van der Waals surface area contributed by atoms with E-state index in [-0.39, 0.29) is 5.56 Å². The molecule has 1 aliphatic carbocycles. The maximum Gasteiger partial charge on any atom is 0.258 e. The van der Waals surface area contributed by atoms with Crippen LogP contribution in [0.25, 0.3) is 21.9 Å². The van der Waals surface area contributed by atoms with Gasteiger partial charge in [0.1, 0.15) is 5.82 Å². The fraction of sp³-hybridized carbons (Fsp3) is 0.286. The fourth-order valence-electron chi connectivity index (χ4n) is 3.26. The Morgan fingerprint density at radius 1 is 1.15 bits per heavy atom. The lowest BCUT2D eigenvalue weighted by atomic mass is 9.99. The van der Waals surface area contributed by atoms with Crippen molar-refractivity contribution in [2.24, 2.45) is 13.0 Å². The van der Waals surface area contributed by atoms with Crippen LogP contribution >= 0.6 is 11.8 Å². The first-order valence-corrected chi connectivity index (χ1v) is 10.0. The van der Waals surface area contributed by atoms with Crippen LogP contribution in [0.1, 0.15) is 12.8 Å². The molecule has 1 N–H and O–H groups in total. The van der Waals surface area contributed by atoms with E-state index in [0.717, 1.165) is 39.6 Å². The van der Waals surface area contributed by atoms with Crippen LogP contribution in [0.4, 0.5) is 10.1 Å². The molecule has 134 valence electrons. The second-order valence-corrected chi connectivity index (χ2v) is 7.76. The van der Waals surface area contributed by atoms with E-state index in [1.807, 2.05) is 12.5 Å². The number of nitrogens with zero attached hydrogens (tertiary/aromatic N) is 1. The molecule has 0 spiro atoms. The second kappa shape index (κ2) is 6.80. The van der Waals surface area contributed by atoms with Crippen molar-refractivity contribution in [2.45, 2.75) is 17.7 Å². The van der Waals surface area contributed by atoms with Crippen molar-refractivity contribution in [3.63, 3.8) is 0 Å². The van der Waals surface area contributed by atoms with Gasteiger partial charge < -0.3 is 9.88 Å². The zero-order valence-electron chi connectivity index (χ0n) is 14.9. The molecule has 0 amide bonds. The lowest BCUT2D eigenvalue weighted by molar-refractivity contribution is 0.629. The van der Waals surface area contributed by atoms with Crippen molar-refractivity contribution in [2.75, 3.05) is 18.1 Å². The first kappa shape index (κ1) is 17.2. The number of rotatable bonds is 5. The summed E-state index contributed by atoms with van der Waals surface area (Å²) in [7, 11) is 1.71. The van der Waals surface area contributed by atoms with Gasteiger partial charge in [0.25, 0.3) is 5.56 Å². The third kappa shape index (κ3) is 3.23. The number of nitrogens with one attached hydrogen (secondary N) is 1. The number of hydrogen-bond donors (Lipinski definition) is 1. The van der Waals surface area contributed by atoms with Crippen LogP contribution in [0.2, 0.25) is 0 Å². The molecule has 1 fully saturated rings. The van der Waals surface area contributed by atoms with Crippen LogP contribution in [0.3, 0.4) is 0 Å². The Kier molecular flexibility index (Phi) is 4.49. The summed E-state index contributed by atoms with van der Waals surface area (Å²) in [6, 6.07) is 10.8. The highest BCUT2D eigenvalue weighted by molar-refractivity contribution is 7.98. The quantitative estimate of drug-likeness (QED) is 0.651. The van der Waals surface area contributed by atoms with Crippen LogP contribution in [-0.4, -0.2) is 17.4 Å². The highest BCUT2D eigenvalue weighted by Crippen LogP contribution is 2.37. The molecule has 1 heterocycles. The van der Waals surface area contributed by atoms with Crippen molar-refractivity contribution < 1.29 is 4.39 Å². The van der Waals surface area contributed by atoms with Gasteiger partial charge in [-0.25, -0.2) is 4.39 Å². The number of thioether (sulfide) groups is 1. The molecule has 0 bridgehead atoms. The van der Waals surface area contributed by atoms with Gasteiger partial charge in [-0.3, -0.25) is 4.79 Å². The molecule has 4 rings (SSSR count). The molecular weight excluding hydrogens is 347 g/mol. The highest BCUT2D eigenvalue weighted by atomic mass is 32.2. The van der Waals surface area contributed by atoms with Gasteiger partial charge >= 0.3 is 0 Å². The predicted octanol–water partition coefficient (Wildman–Crippen LogP) is 4.89. The molecule has 0 saturated heterocycles. The van der Waals surface area contributed by atoms with Crippen molar-refractivity contribution >= 4 is 28.2 Å². The van der Waals surface area contributed by atoms with Gasteiger partial charge in [-0.1, -0.05) is 6.07 Å². The van der Waals surface area contributed by atoms with Gasteiger partial charge in [-0.05, 0) is 60.7 Å². The third-order valence-corrected chi connectivity index (χ3v) is 5.67. The number of aryl methyl sites for hydroxylation is 1. The Labute approximate surface area is 156 Å². The number of halogens is 1. The third-order valence-electron chi connectivity index (χ3n) is 4.94. The maximum atomic E-state index is 13.7. The van der Waals surface area contributed by atoms with E-state index in [4.69, 9.17) is 0 Å². The lowest BCUT2D eigenvalue weighted by Crippen LogP contribution is -2.17. The number of fused-ring (bicyclic) bond motifs is 1. The Hall–Kier alpha value is -2.27. The fourth-order valence-corrected chi connectivity index (χ4v) is 3.70. The zero-order chi connectivity index (χ0) is 18.3. The molecular formula is C21H21FN2OS. The van der Waals surface area contributed by atoms with Gasteiger partial charge in [0, 0.05) is 41.5 Å². The Balaban J connectivity index is 1.93. The van der Waals surface area contributed by atoms with Crippen molar-refractivity contribution in [3.05, 3.63) is 58.8 Å². The molecule has 1 saturated carbocycles. The Bertz CT molecular complexity index is 1040. The van der Waals surface area contributed by atoms with Gasteiger partial charge in [-0.2, -0.15) is 0 Å². The van der Waals surface area contributed by atoms with E-state index in [1.54, 1.807) is 24.9 Å². The highest BCUT2D eigenvalue weighted by Gasteiger charge is 2.21. The van der Waals surface area contributed by atoms with Crippen molar-refractivity contribution in [1.29, 1.82) is 0 Å². The molecule has 0 atom stereocenters. The van der Waals surface area contributed by atoms with Gasteiger partial charge in [0.2, 0.25) is 0 Å². The number of anilines is 1. The van der Waals surface area contributed by atoms with Crippen LogP contribution < -0.4 is 10.9 Å². The largest absolute Gasteiger partial charge is 0.384 e. The molecule has 0 aliphatic heterocycles. The Morgan fingerprint density at radius 3 is 2.69 bits per heavy atom. The van der Waals surface area contributed by atoms with E-state index in [0.29, 0.717) is 5.39 Å². The molecule has 2 aromatic carbocycles. The number of benzene rings is 2. The average molecular weight is 368 g/mol. The van der Waals surface area contributed by atoms with Crippen LogP contribution in [0.5, 0.6) is 0 Å². The minimum absolute atomic E-state index is 0.184. The molecule has 0 unspecified atom stereocenters. The van der Waals surface area contributed by atoms with Crippen molar-refractivity contribution in [3.8, 4) is 11.1 Å². The predicted molar refractivity (Wildman–Crippen MR) is 108 cm³/mol. The molecule has 1 aliphatic rings. The lowest BCUT2D eigenvalue weighted by Gasteiger charge is -2.16. The molecule has 3 nitrogen and oxygen atoms in total. The summed E-state index contributed by atoms with van der Waals surface area (Å²) < 4.78 is 15.3. The molecule has 1 aromatic heterocycles. The summed E-state index contributed by atoms with van der Waals surface area (Å²) in [6.45, 7) is 0.962. The average Bonchev–Trinajstić information content (AvgIpc) is 3.47. The van der Waals surface area contributed by atoms with E-state index < -0.39 is 5.82 Å². The first-order chi connectivity index (χ1) is 12.6. The van der Waals surface area contributed by atoms with Crippen LogP contribution in [0, 0.1) is 11.7 Å². The summed E-state index contributed by atoms with van der Waals surface area (Å²) in [4.78, 5) is 13.6. The van der Waals surface area contributed by atoms with Gasteiger partial charge in [0.05, 0.1) is 5.39 Å². The summed E-state index contributed by atoms with van der Waals surface area (Å²) in [6.07, 6.45) is 6.47. The van der Waals surface area contributed by atoms with Gasteiger partial charge in [-0.15, -0.1) is 11.8 Å². The van der Waals surface area contributed by atoms with Crippen LogP contribution in [-0.2, 0) is 7.05 Å². The topological polar surface area (TPSA) is 34.0 Å². The number of pyridine rings is 1. The van der Waals surface area contributed by atoms with E-state index >= 15 is 0 Å². The standard InChI is InChI=1S/C21H21FN2OS/c1-24-12-19(16-7-5-14(22)9-18(16)21(24)25)17-10-15(26-2)6-8-20(17)23-11-13-3-4-13/h5-10,12-13,23H,3-4,11H2,1-2H3.